The van der Waals surface area contributed by atoms with Gasteiger partial charge in [-0.15, -0.1) is 0 Å². The molecular weight excluding hydrogens is 444 g/mol. The van der Waals surface area contributed by atoms with E-state index >= 15 is 0 Å². The molecule has 0 aliphatic carbocycles. The smallest absolute Gasteiger partial charge is 0.311 e. The van der Waals surface area contributed by atoms with E-state index in [1.165, 1.54) is 6.07 Å². The zero-order valence-electron chi connectivity index (χ0n) is 18.5. The number of amides is 1. The largest absolute Gasteiger partial charge is 0.493 e. The molecule has 4 aromatic carbocycles. The molecule has 7 heteroatoms. The molecule has 0 saturated carbocycles. The van der Waals surface area contributed by atoms with E-state index in [4.69, 9.17) is 9.47 Å². The third kappa shape index (κ3) is 4.50. The van der Waals surface area contributed by atoms with Crippen LogP contribution in [0.1, 0.15) is 33.8 Å². The van der Waals surface area contributed by atoms with Gasteiger partial charge >= 0.3 is 5.97 Å². The highest BCUT2D eigenvalue weighted by Crippen LogP contribution is 2.39. The fourth-order valence-electron chi connectivity index (χ4n) is 4.12. The molecule has 1 aliphatic rings. The summed E-state index contributed by atoms with van der Waals surface area (Å²) in [7, 11) is 0. The first-order chi connectivity index (χ1) is 17.0. The number of nitrogens with zero attached hydrogens (tertiary/aromatic N) is 1. The maximum Gasteiger partial charge on any atom is 0.311 e. The normalized spacial score (nSPS) is 14.3. The summed E-state index contributed by atoms with van der Waals surface area (Å²) in [5.74, 6) is -0.861. The molecule has 7 nitrogen and oxygen atoms in total. The maximum atomic E-state index is 12.7. The van der Waals surface area contributed by atoms with Crippen LogP contribution in [0.15, 0.2) is 78.9 Å². The number of nitriles is 1. The second kappa shape index (κ2) is 9.20. The third-order valence-electron chi connectivity index (χ3n) is 5.92. The van der Waals surface area contributed by atoms with Crippen LogP contribution in [0.5, 0.6) is 17.2 Å². The van der Waals surface area contributed by atoms with Gasteiger partial charge in [-0.25, -0.2) is 0 Å². The molecule has 0 aromatic heterocycles. The Morgan fingerprint density at radius 2 is 1.77 bits per heavy atom. The molecule has 4 aromatic rings. The number of hydrogen-bond donors (Lipinski definition) is 2. The van der Waals surface area contributed by atoms with Crippen LogP contribution in [0.4, 0.5) is 5.69 Å². The van der Waals surface area contributed by atoms with Crippen LogP contribution in [0.3, 0.4) is 0 Å². The lowest BCUT2D eigenvalue weighted by Gasteiger charge is -2.24. The Hall–Kier alpha value is -4.83. The Kier molecular flexibility index (Phi) is 5.78. The summed E-state index contributed by atoms with van der Waals surface area (Å²) in [4.78, 5) is 24.3. The summed E-state index contributed by atoms with van der Waals surface area (Å²) >= 11 is 0. The van der Waals surface area contributed by atoms with Crippen LogP contribution in [-0.2, 0) is 4.79 Å². The van der Waals surface area contributed by atoms with Crippen LogP contribution in [0, 0.1) is 11.3 Å². The quantitative estimate of drug-likeness (QED) is 0.392. The molecule has 2 N–H and O–H groups in total. The summed E-state index contributed by atoms with van der Waals surface area (Å²) < 4.78 is 11.5. The second-order valence-electron chi connectivity index (χ2n) is 8.17. The monoisotopic (exact) mass is 464 g/mol. The van der Waals surface area contributed by atoms with Crippen molar-refractivity contribution in [2.75, 3.05) is 11.9 Å². The topological polar surface area (TPSA) is 109 Å². The van der Waals surface area contributed by atoms with Crippen LogP contribution in [0.2, 0.25) is 0 Å². The number of aliphatic carboxylic acids is 1. The van der Waals surface area contributed by atoms with Gasteiger partial charge in [-0.1, -0.05) is 30.3 Å². The van der Waals surface area contributed by atoms with Crippen molar-refractivity contribution in [1.82, 2.24) is 0 Å². The van der Waals surface area contributed by atoms with Gasteiger partial charge in [0, 0.05) is 22.9 Å². The predicted molar refractivity (Wildman–Crippen MR) is 130 cm³/mol. The number of carboxylic acid groups (broad SMARTS) is 1. The molecule has 1 heterocycles. The van der Waals surface area contributed by atoms with Crippen LogP contribution in [0.25, 0.3) is 10.8 Å². The number of carboxylic acids is 1. The summed E-state index contributed by atoms with van der Waals surface area (Å²) in [5, 5.41) is 24.1. The van der Waals surface area contributed by atoms with E-state index in [-0.39, 0.29) is 23.8 Å². The molecule has 0 fully saturated rings. The number of hydrogen-bond acceptors (Lipinski definition) is 5. The summed E-state index contributed by atoms with van der Waals surface area (Å²) in [6, 6.07) is 25.3. The summed E-state index contributed by atoms with van der Waals surface area (Å²) in [6.45, 7) is 0.274. The minimum Gasteiger partial charge on any atom is -0.493 e. The zero-order chi connectivity index (χ0) is 24.4. The van der Waals surface area contributed by atoms with Gasteiger partial charge in [-0.3, -0.25) is 9.59 Å². The van der Waals surface area contributed by atoms with Gasteiger partial charge in [0.1, 0.15) is 23.3 Å². The van der Waals surface area contributed by atoms with Crippen molar-refractivity contribution in [2.24, 2.45) is 0 Å². The zero-order valence-corrected chi connectivity index (χ0v) is 18.5. The Balaban J connectivity index is 1.33. The van der Waals surface area contributed by atoms with Crippen molar-refractivity contribution in [3.05, 3.63) is 95.6 Å². The Bertz CT molecular complexity index is 1490. The molecule has 0 spiro atoms. The van der Waals surface area contributed by atoms with Crippen molar-refractivity contribution in [3.63, 3.8) is 0 Å². The lowest BCUT2D eigenvalue weighted by Crippen LogP contribution is -2.21. The van der Waals surface area contributed by atoms with Gasteiger partial charge in [-0.2, -0.15) is 5.26 Å². The number of benzene rings is 4. The fraction of sp³-hybridized carbons (Fsp3) is 0.107. The Morgan fingerprint density at radius 3 is 2.51 bits per heavy atom. The van der Waals surface area contributed by atoms with Gasteiger partial charge in [0.2, 0.25) is 0 Å². The van der Waals surface area contributed by atoms with Gasteiger partial charge in [0.05, 0.1) is 18.1 Å². The van der Waals surface area contributed by atoms with Crippen molar-refractivity contribution in [3.8, 4) is 23.3 Å². The first-order valence-corrected chi connectivity index (χ1v) is 11.0. The van der Waals surface area contributed by atoms with Gasteiger partial charge in [0.25, 0.3) is 5.91 Å². The molecule has 0 bridgehead atoms. The summed E-state index contributed by atoms with van der Waals surface area (Å²) in [5.41, 5.74) is 1.82. The number of ether oxygens (including phenoxy) is 2. The van der Waals surface area contributed by atoms with E-state index in [1.807, 2.05) is 42.5 Å². The number of rotatable bonds is 5. The predicted octanol–water partition coefficient (Wildman–Crippen LogP) is 5.71. The Labute approximate surface area is 201 Å². The minimum absolute atomic E-state index is 0.207. The maximum absolute atomic E-state index is 12.7. The number of carbonyl (C=O) groups excluding carboxylic acids is 1. The van der Waals surface area contributed by atoms with E-state index in [2.05, 4.69) is 11.4 Å². The van der Waals surface area contributed by atoms with Gasteiger partial charge in [0.15, 0.2) is 0 Å². The lowest BCUT2D eigenvalue weighted by molar-refractivity contribution is -0.139. The molecule has 172 valence electrons. The first kappa shape index (κ1) is 22.0. The molecular formula is C28H20N2O5. The van der Waals surface area contributed by atoms with Crippen molar-refractivity contribution < 1.29 is 24.2 Å². The van der Waals surface area contributed by atoms with Gasteiger partial charge in [-0.05, 0) is 59.7 Å². The first-order valence-electron chi connectivity index (χ1n) is 11.0. The molecule has 5 rings (SSSR count). The molecule has 0 radical (unpaired) electrons. The highest BCUT2D eigenvalue weighted by molar-refractivity contribution is 6.05. The van der Waals surface area contributed by atoms with E-state index in [9.17, 15) is 20.0 Å². The van der Waals surface area contributed by atoms with Gasteiger partial charge < -0.3 is 19.9 Å². The number of fused-ring (bicyclic) bond motifs is 2. The van der Waals surface area contributed by atoms with E-state index in [0.29, 0.717) is 34.7 Å². The number of carbonyl (C=O) groups is 2. The molecule has 35 heavy (non-hydrogen) atoms. The lowest BCUT2D eigenvalue weighted by atomic mass is 9.91. The van der Waals surface area contributed by atoms with Crippen LogP contribution in [-0.4, -0.2) is 23.6 Å². The minimum atomic E-state index is -0.954. The molecule has 1 unspecified atom stereocenters. The summed E-state index contributed by atoms with van der Waals surface area (Å²) in [6.07, 6.45) is 0.343. The standard InChI is InChI=1S/C28H20N2O5/c29-16-20-14-24-23(28(32)33)11-12-34-26(24)15-25(20)35-22-9-6-18(7-10-22)27(31)30-21-8-5-17-3-1-2-4-19(17)13-21/h1-10,13-15,23H,11-12H2,(H,30,31)(H,32,33). The molecule has 1 atom stereocenters. The highest BCUT2D eigenvalue weighted by Gasteiger charge is 2.29. The second-order valence-corrected chi connectivity index (χ2v) is 8.17. The average Bonchev–Trinajstić information content (AvgIpc) is 2.88. The van der Waals surface area contributed by atoms with E-state index in [1.54, 1.807) is 30.3 Å². The number of anilines is 1. The molecule has 0 saturated heterocycles. The fourth-order valence-corrected chi connectivity index (χ4v) is 4.12. The number of nitrogens with one attached hydrogen (secondary N) is 1. The highest BCUT2D eigenvalue weighted by atomic mass is 16.5. The van der Waals surface area contributed by atoms with Crippen molar-refractivity contribution >= 4 is 28.3 Å². The third-order valence-corrected chi connectivity index (χ3v) is 5.92. The average molecular weight is 464 g/mol. The molecule has 1 aliphatic heterocycles. The van der Waals surface area contributed by atoms with Crippen LogP contribution >= 0.6 is 0 Å². The Morgan fingerprint density at radius 1 is 1.00 bits per heavy atom. The van der Waals surface area contributed by atoms with Crippen molar-refractivity contribution in [1.29, 1.82) is 5.26 Å². The SMILES string of the molecule is N#Cc1cc2c(cc1Oc1ccc(C(=O)Nc3ccc4ccccc4c3)cc1)OCCC2C(=O)O. The van der Waals surface area contributed by atoms with Crippen molar-refractivity contribution in [2.45, 2.75) is 12.3 Å². The van der Waals surface area contributed by atoms with E-state index < -0.39 is 11.9 Å². The van der Waals surface area contributed by atoms with Crippen LogP contribution < -0.4 is 14.8 Å². The molecule has 1 amide bonds. The van der Waals surface area contributed by atoms with E-state index in [0.717, 1.165) is 10.8 Å².